The SMILES string of the molecule is C1=CC(N(c2ccc(-c3ccc4sc5ccccc5c4c3)cc2)c2ccc3c4ccccc4c4ccccc4c3c2)=CCC=C1C1C=c2c(sc3ccccc23)=CC1. The highest BCUT2D eigenvalue weighted by molar-refractivity contribution is 7.25. The summed E-state index contributed by atoms with van der Waals surface area (Å²) >= 11 is 3.78. The van der Waals surface area contributed by atoms with Gasteiger partial charge in [0.2, 0.25) is 0 Å². The summed E-state index contributed by atoms with van der Waals surface area (Å²) in [7, 11) is 0. The van der Waals surface area contributed by atoms with Crippen LogP contribution in [0.25, 0.3) is 85.9 Å². The second kappa shape index (κ2) is 13.6. The quantitative estimate of drug-likeness (QED) is 0.157. The number of nitrogens with zero attached hydrogens (tertiary/aromatic N) is 1. The van der Waals surface area contributed by atoms with Gasteiger partial charge in [-0.25, -0.2) is 0 Å². The van der Waals surface area contributed by atoms with Gasteiger partial charge in [-0.3, -0.25) is 0 Å². The second-order valence-electron chi connectivity index (χ2n) is 15.5. The predicted octanol–water partition coefficient (Wildman–Crippen LogP) is 14.6. The Morgan fingerprint density at radius 1 is 0.431 bits per heavy atom. The molecule has 0 bridgehead atoms. The second-order valence-corrected chi connectivity index (χ2v) is 17.7. The molecule has 2 heterocycles. The Morgan fingerprint density at radius 2 is 1.03 bits per heavy atom. The minimum absolute atomic E-state index is 0.347. The molecule has 0 aliphatic heterocycles. The van der Waals surface area contributed by atoms with Crippen molar-refractivity contribution in [3.63, 3.8) is 0 Å². The smallest absolute Gasteiger partial charge is 0.0468 e. The van der Waals surface area contributed by atoms with Crippen molar-refractivity contribution in [2.24, 2.45) is 5.92 Å². The zero-order valence-corrected chi connectivity index (χ0v) is 33.4. The highest BCUT2D eigenvalue weighted by atomic mass is 32.1. The zero-order valence-electron chi connectivity index (χ0n) is 31.7. The maximum absolute atomic E-state index is 2.51. The van der Waals surface area contributed by atoms with Gasteiger partial charge in [-0.15, -0.1) is 22.7 Å². The molecular weight excluding hydrogens is 739 g/mol. The van der Waals surface area contributed by atoms with E-state index in [4.69, 9.17) is 0 Å². The van der Waals surface area contributed by atoms with Gasteiger partial charge >= 0.3 is 0 Å². The monoisotopic (exact) mass is 775 g/mol. The van der Waals surface area contributed by atoms with Crippen molar-refractivity contribution >= 4 is 109 Å². The van der Waals surface area contributed by atoms with E-state index in [0.29, 0.717) is 5.92 Å². The number of thiophene rings is 2. The average Bonchev–Trinajstić information content (AvgIpc) is 3.75. The van der Waals surface area contributed by atoms with Crippen molar-refractivity contribution in [1.82, 2.24) is 0 Å². The highest BCUT2D eigenvalue weighted by Crippen LogP contribution is 2.41. The van der Waals surface area contributed by atoms with E-state index in [0.717, 1.165) is 24.2 Å². The Bertz CT molecular complexity index is 3490. The first kappa shape index (κ1) is 33.6. The van der Waals surface area contributed by atoms with E-state index in [1.54, 1.807) is 0 Å². The number of allylic oxidation sites excluding steroid dienone is 5. The minimum Gasteiger partial charge on any atom is -0.311 e. The van der Waals surface area contributed by atoms with Gasteiger partial charge < -0.3 is 4.90 Å². The van der Waals surface area contributed by atoms with E-state index in [2.05, 4.69) is 199 Å². The van der Waals surface area contributed by atoms with Gasteiger partial charge in [0.25, 0.3) is 0 Å². The molecule has 3 heteroatoms. The number of hydrogen-bond acceptors (Lipinski definition) is 3. The molecule has 1 unspecified atom stereocenters. The third-order valence-corrected chi connectivity index (χ3v) is 14.6. The lowest BCUT2D eigenvalue weighted by atomic mass is 9.90. The Kier molecular flexibility index (Phi) is 7.85. The summed E-state index contributed by atoms with van der Waals surface area (Å²) < 4.78 is 5.44. The zero-order chi connectivity index (χ0) is 38.2. The molecule has 0 saturated carbocycles. The van der Waals surface area contributed by atoms with Gasteiger partial charge in [0.05, 0.1) is 0 Å². The van der Waals surface area contributed by atoms with Crippen molar-refractivity contribution in [3.05, 3.63) is 203 Å². The van der Waals surface area contributed by atoms with Crippen LogP contribution >= 0.6 is 22.7 Å². The van der Waals surface area contributed by atoms with Crippen LogP contribution in [0, 0.1) is 5.92 Å². The average molecular weight is 776 g/mol. The van der Waals surface area contributed by atoms with Gasteiger partial charge in [-0.1, -0.05) is 140 Å². The maximum atomic E-state index is 2.51. The third-order valence-electron chi connectivity index (χ3n) is 12.2. The van der Waals surface area contributed by atoms with E-state index in [-0.39, 0.29) is 0 Å². The lowest BCUT2D eigenvalue weighted by Crippen LogP contribution is -2.24. The molecule has 0 amide bonds. The molecule has 0 N–H and O–H groups in total. The molecule has 8 aromatic carbocycles. The van der Waals surface area contributed by atoms with Crippen LogP contribution in [0.2, 0.25) is 0 Å². The maximum Gasteiger partial charge on any atom is 0.0468 e. The van der Waals surface area contributed by atoms with E-state index in [9.17, 15) is 0 Å². The van der Waals surface area contributed by atoms with Crippen molar-refractivity contribution in [3.8, 4) is 11.1 Å². The number of fused-ring (bicyclic) bond motifs is 12. The van der Waals surface area contributed by atoms with Crippen LogP contribution in [-0.2, 0) is 0 Å². The fraction of sp³-hybridized carbons (Fsp3) is 0.0545. The fourth-order valence-corrected chi connectivity index (χ4v) is 11.6. The Balaban J connectivity index is 0.969. The molecule has 0 fully saturated rings. The van der Waals surface area contributed by atoms with Gasteiger partial charge in [-0.2, -0.15) is 0 Å². The van der Waals surface area contributed by atoms with Crippen LogP contribution in [0.15, 0.2) is 193 Å². The van der Waals surface area contributed by atoms with Crippen LogP contribution in [0.4, 0.5) is 11.4 Å². The molecule has 274 valence electrons. The molecule has 0 radical (unpaired) electrons. The van der Waals surface area contributed by atoms with Gasteiger partial charge in [-0.05, 0) is 127 Å². The first-order valence-electron chi connectivity index (χ1n) is 20.2. The normalized spacial score (nSPS) is 15.3. The highest BCUT2D eigenvalue weighted by Gasteiger charge is 2.20. The number of rotatable bonds is 5. The van der Waals surface area contributed by atoms with Crippen molar-refractivity contribution in [1.29, 1.82) is 0 Å². The predicted molar refractivity (Wildman–Crippen MR) is 254 cm³/mol. The fourth-order valence-electron chi connectivity index (χ4n) is 9.41. The van der Waals surface area contributed by atoms with Gasteiger partial charge in [0.15, 0.2) is 0 Å². The van der Waals surface area contributed by atoms with Crippen molar-refractivity contribution in [2.45, 2.75) is 12.8 Å². The first-order chi connectivity index (χ1) is 28.7. The Labute approximate surface area is 344 Å². The van der Waals surface area contributed by atoms with Crippen LogP contribution in [-0.4, -0.2) is 0 Å². The summed E-state index contributed by atoms with van der Waals surface area (Å²) in [6.45, 7) is 0. The molecule has 10 aromatic rings. The molecular formula is C55H37NS2. The van der Waals surface area contributed by atoms with Crippen LogP contribution < -0.4 is 14.7 Å². The molecule has 1 atom stereocenters. The van der Waals surface area contributed by atoms with Crippen molar-refractivity contribution in [2.75, 3.05) is 4.90 Å². The van der Waals surface area contributed by atoms with E-state index in [1.165, 1.54) is 94.7 Å². The topological polar surface area (TPSA) is 3.24 Å². The summed E-state index contributed by atoms with van der Waals surface area (Å²) in [6.07, 6.45) is 16.4. The molecule has 2 aliphatic carbocycles. The van der Waals surface area contributed by atoms with E-state index >= 15 is 0 Å². The summed E-state index contributed by atoms with van der Waals surface area (Å²) in [5.74, 6) is 0.347. The first-order valence-corrected chi connectivity index (χ1v) is 21.8. The van der Waals surface area contributed by atoms with Crippen LogP contribution in [0.1, 0.15) is 12.8 Å². The van der Waals surface area contributed by atoms with Crippen molar-refractivity contribution < 1.29 is 0 Å². The van der Waals surface area contributed by atoms with Gasteiger partial charge in [0, 0.05) is 52.4 Å². The summed E-state index contributed by atoms with van der Waals surface area (Å²) in [5, 5.41) is 13.1. The lowest BCUT2D eigenvalue weighted by Gasteiger charge is -2.27. The molecule has 2 aliphatic rings. The Morgan fingerprint density at radius 3 is 1.79 bits per heavy atom. The van der Waals surface area contributed by atoms with Crippen LogP contribution in [0.5, 0.6) is 0 Å². The standard InChI is InChI=1S/C55H37NS2/c1-2-14-44-42(12-1)43-13-3-4-15-45(43)49-34-41(28-29-46(44)49)56(40-26-21-36(22-27-40)38-24-31-55-51(33-38)48-17-6-8-19-53(48)58-55)39-11-9-10-35(20-25-39)37-23-30-54-50(32-37)47-16-5-7-18-52(47)57-54/h1-8,10-22,24-34,37H,9,23H2. The molecule has 58 heavy (non-hydrogen) atoms. The summed E-state index contributed by atoms with van der Waals surface area (Å²) in [4.78, 5) is 2.46. The van der Waals surface area contributed by atoms with E-state index in [1.807, 2.05) is 22.7 Å². The molecule has 0 saturated heterocycles. The lowest BCUT2D eigenvalue weighted by molar-refractivity contribution is 0.852. The van der Waals surface area contributed by atoms with Crippen LogP contribution in [0.3, 0.4) is 0 Å². The third kappa shape index (κ3) is 5.49. The Hall–Kier alpha value is -6.52. The number of anilines is 2. The number of hydrogen-bond donors (Lipinski definition) is 0. The molecule has 1 nitrogen and oxygen atoms in total. The molecule has 12 rings (SSSR count). The largest absolute Gasteiger partial charge is 0.311 e. The minimum atomic E-state index is 0.347. The summed E-state index contributed by atoms with van der Waals surface area (Å²) in [6, 6.07) is 58.5. The summed E-state index contributed by atoms with van der Waals surface area (Å²) in [5.41, 5.74) is 7.31. The molecule has 0 spiro atoms. The molecule has 2 aromatic heterocycles. The number of benzene rings is 8. The van der Waals surface area contributed by atoms with E-state index < -0.39 is 0 Å². The van der Waals surface area contributed by atoms with Gasteiger partial charge in [0.1, 0.15) is 0 Å².